The molecule has 2 rings (SSSR count). The Bertz CT molecular complexity index is 491. The average Bonchev–Trinajstić information content (AvgIpc) is 2.74. The van der Waals surface area contributed by atoms with E-state index in [-0.39, 0.29) is 0 Å². The molecule has 0 bridgehead atoms. The zero-order valence-corrected chi connectivity index (χ0v) is 10.6. The van der Waals surface area contributed by atoms with Crippen molar-refractivity contribution in [3.8, 4) is 0 Å². The minimum atomic E-state index is 0.400. The fourth-order valence-corrected chi connectivity index (χ4v) is 1.65. The molecule has 0 N–H and O–H groups in total. The molecular formula is C11H14ClN5. The summed E-state index contributed by atoms with van der Waals surface area (Å²) in [6.45, 7) is 4.69. The molecule has 2 heterocycles. The molecule has 6 heteroatoms. The van der Waals surface area contributed by atoms with E-state index in [0.29, 0.717) is 11.7 Å². The topological polar surface area (TPSA) is 56.5 Å². The van der Waals surface area contributed by atoms with Gasteiger partial charge in [-0.05, 0) is 12.1 Å². The Balaban J connectivity index is 2.22. The standard InChI is InChI=1S/C11H14ClN5/c1-3-10-13-11(4-2)17(16-10)7-8-5-6-9(12)15-14-8/h5-6H,3-4,7H2,1-2H3. The highest BCUT2D eigenvalue weighted by atomic mass is 35.5. The zero-order valence-electron chi connectivity index (χ0n) is 9.89. The van der Waals surface area contributed by atoms with E-state index in [1.54, 1.807) is 6.07 Å². The minimum Gasteiger partial charge on any atom is -0.244 e. The number of hydrogen-bond acceptors (Lipinski definition) is 4. The first-order valence-electron chi connectivity index (χ1n) is 5.63. The number of rotatable bonds is 4. The van der Waals surface area contributed by atoms with Crippen molar-refractivity contribution >= 4 is 11.6 Å². The van der Waals surface area contributed by atoms with Crippen LogP contribution < -0.4 is 0 Å². The van der Waals surface area contributed by atoms with E-state index in [1.807, 2.05) is 17.7 Å². The predicted octanol–water partition coefficient (Wildman–Crippen LogP) is 1.89. The van der Waals surface area contributed by atoms with Crippen LogP contribution in [0.4, 0.5) is 0 Å². The number of aryl methyl sites for hydroxylation is 2. The van der Waals surface area contributed by atoms with E-state index < -0.39 is 0 Å². The zero-order chi connectivity index (χ0) is 12.3. The van der Waals surface area contributed by atoms with Crippen molar-refractivity contribution in [3.63, 3.8) is 0 Å². The first kappa shape index (κ1) is 12.0. The van der Waals surface area contributed by atoms with Crippen LogP contribution in [-0.2, 0) is 19.4 Å². The molecule has 0 fully saturated rings. The third-order valence-corrected chi connectivity index (χ3v) is 2.63. The normalized spacial score (nSPS) is 10.8. The maximum atomic E-state index is 5.69. The van der Waals surface area contributed by atoms with E-state index in [1.165, 1.54) is 0 Å². The summed E-state index contributed by atoms with van der Waals surface area (Å²) in [7, 11) is 0. The lowest BCUT2D eigenvalue weighted by atomic mass is 10.4. The van der Waals surface area contributed by atoms with Gasteiger partial charge in [0.25, 0.3) is 0 Å². The van der Waals surface area contributed by atoms with Gasteiger partial charge in [-0.1, -0.05) is 25.4 Å². The molecule has 0 radical (unpaired) electrons. The largest absolute Gasteiger partial charge is 0.244 e. The Morgan fingerprint density at radius 2 is 2.00 bits per heavy atom. The second-order valence-corrected chi connectivity index (χ2v) is 4.04. The van der Waals surface area contributed by atoms with Gasteiger partial charge < -0.3 is 0 Å². The molecule has 17 heavy (non-hydrogen) atoms. The van der Waals surface area contributed by atoms with Crippen LogP contribution in [-0.4, -0.2) is 25.0 Å². The average molecular weight is 252 g/mol. The van der Waals surface area contributed by atoms with Crippen molar-refractivity contribution in [2.75, 3.05) is 0 Å². The molecule has 0 amide bonds. The van der Waals surface area contributed by atoms with Gasteiger partial charge in [0.15, 0.2) is 11.0 Å². The van der Waals surface area contributed by atoms with Crippen LogP contribution in [0.2, 0.25) is 5.15 Å². The van der Waals surface area contributed by atoms with Crippen LogP contribution in [0.5, 0.6) is 0 Å². The van der Waals surface area contributed by atoms with Crippen molar-refractivity contribution in [1.29, 1.82) is 0 Å². The first-order valence-corrected chi connectivity index (χ1v) is 6.01. The van der Waals surface area contributed by atoms with Crippen LogP contribution in [0, 0.1) is 0 Å². The van der Waals surface area contributed by atoms with Crippen LogP contribution >= 0.6 is 11.6 Å². The minimum absolute atomic E-state index is 0.400. The Morgan fingerprint density at radius 1 is 1.18 bits per heavy atom. The fraction of sp³-hybridized carbons (Fsp3) is 0.455. The lowest BCUT2D eigenvalue weighted by Crippen LogP contribution is -2.08. The number of nitrogens with zero attached hydrogens (tertiary/aromatic N) is 5. The predicted molar refractivity (Wildman–Crippen MR) is 64.9 cm³/mol. The summed E-state index contributed by atoms with van der Waals surface area (Å²) in [5.74, 6) is 1.84. The number of halogens is 1. The molecule has 0 saturated heterocycles. The molecule has 0 unspecified atom stereocenters. The lowest BCUT2D eigenvalue weighted by molar-refractivity contribution is 0.620. The number of aromatic nitrogens is 5. The molecule has 0 aromatic carbocycles. The number of hydrogen-bond donors (Lipinski definition) is 0. The van der Waals surface area contributed by atoms with Gasteiger partial charge in [-0.15, -0.1) is 5.10 Å². The van der Waals surface area contributed by atoms with Crippen molar-refractivity contribution in [2.45, 2.75) is 33.2 Å². The van der Waals surface area contributed by atoms with Gasteiger partial charge >= 0.3 is 0 Å². The van der Waals surface area contributed by atoms with Gasteiger partial charge in [-0.25, -0.2) is 9.67 Å². The van der Waals surface area contributed by atoms with Crippen LogP contribution in [0.25, 0.3) is 0 Å². The second-order valence-electron chi connectivity index (χ2n) is 3.66. The summed E-state index contributed by atoms with van der Waals surface area (Å²) in [4.78, 5) is 4.44. The lowest BCUT2D eigenvalue weighted by Gasteiger charge is -2.02. The molecule has 0 aliphatic rings. The third-order valence-electron chi connectivity index (χ3n) is 2.42. The molecule has 0 saturated carbocycles. The van der Waals surface area contributed by atoms with E-state index >= 15 is 0 Å². The molecule has 90 valence electrons. The second kappa shape index (κ2) is 5.23. The highest BCUT2D eigenvalue weighted by Crippen LogP contribution is 2.06. The van der Waals surface area contributed by atoms with Gasteiger partial charge in [0, 0.05) is 12.8 Å². The smallest absolute Gasteiger partial charge is 0.151 e. The molecule has 0 aliphatic carbocycles. The molecule has 0 aliphatic heterocycles. The quantitative estimate of drug-likeness (QED) is 0.833. The van der Waals surface area contributed by atoms with Gasteiger partial charge in [0.2, 0.25) is 0 Å². The summed E-state index contributed by atoms with van der Waals surface area (Å²) in [6.07, 6.45) is 1.69. The Kier molecular flexibility index (Phi) is 3.68. The SMILES string of the molecule is CCc1nc(CC)n(Cc2ccc(Cl)nn2)n1. The summed E-state index contributed by atoms with van der Waals surface area (Å²) < 4.78 is 1.87. The monoisotopic (exact) mass is 251 g/mol. The maximum Gasteiger partial charge on any atom is 0.151 e. The van der Waals surface area contributed by atoms with Gasteiger partial charge in [-0.3, -0.25) is 0 Å². The summed E-state index contributed by atoms with van der Waals surface area (Å²) in [5, 5.41) is 12.6. The molecule has 2 aromatic rings. The highest BCUT2D eigenvalue weighted by Gasteiger charge is 2.08. The Morgan fingerprint density at radius 3 is 2.59 bits per heavy atom. The van der Waals surface area contributed by atoms with Crippen molar-refractivity contribution in [1.82, 2.24) is 25.0 Å². The molecule has 2 aromatic heterocycles. The Hall–Kier alpha value is -1.49. The summed E-state index contributed by atoms with van der Waals surface area (Å²) in [6, 6.07) is 3.58. The Labute approximate surface area is 105 Å². The summed E-state index contributed by atoms with van der Waals surface area (Å²) in [5.41, 5.74) is 0.830. The van der Waals surface area contributed by atoms with Crippen LogP contribution in [0.1, 0.15) is 31.2 Å². The molecule has 0 atom stereocenters. The molecular weight excluding hydrogens is 238 g/mol. The molecule has 5 nitrogen and oxygen atoms in total. The fourth-order valence-electron chi connectivity index (χ4n) is 1.55. The van der Waals surface area contributed by atoms with E-state index in [2.05, 4.69) is 27.2 Å². The van der Waals surface area contributed by atoms with Crippen LogP contribution in [0.3, 0.4) is 0 Å². The first-order chi connectivity index (χ1) is 8.22. The summed E-state index contributed by atoms with van der Waals surface area (Å²) >= 11 is 5.69. The van der Waals surface area contributed by atoms with E-state index in [4.69, 9.17) is 11.6 Å². The van der Waals surface area contributed by atoms with Gasteiger partial charge in [0.1, 0.15) is 5.82 Å². The van der Waals surface area contributed by atoms with Crippen molar-refractivity contribution in [3.05, 3.63) is 34.6 Å². The molecule has 0 spiro atoms. The van der Waals surface area contributed by atoms with Crippen molar-refractivity contribution in [2.24, 2.45) is 0 Å². The van der Waals surface area contributed by atoms with E-state index in [0.717, 1.165) is 30.2 Å². The van der Waals surface area contributed by atoms with Gasteiger partial charge in [-0.2, -0.15) is 10.2 Å². The maximum absolute atomic E-state index is 5.69. The van der Waals surface area contributed by atoms with Crippen molar-refractivity contribution < 1.29 is 0 Å². The van der Waals surface area contributed by atoms with Gasteiger partial charge in [0.05, 0.1) is 12.2 Å². The highest BCUT2D eigenvalue weighted by molar-refractivity contribution is 6.29. The third kappa shape index (κ3) is 2.79. The van der Waals surface area contributed by atoms with Crippen LogP contribution in [0.15, 0.2) is 12.1 Å². The van der Waals surface area contributed by atoms with E-state index in [9.17, 15) is 0 Å².